The molecule has 0 aliphatic carbocycles. The summed E-state index contributed by atoms with van der Waals surface area (Å²) in [5, 5.41) is 0. The van der Waals surface area contributed by atoms with Gasteiger partial charge in [0, 0.05) is 43.3 Å². The van der Waals surface area contributed by atoms with Gasteiger partial charge in [0.2, 0.25) is 0 Å². The minimum absolute atomic E-state index is 0.0593. The first-order chi connectivity index (χ1) is 17.7. The summed E-state index contributed by atoms with van der Waals surface area (Å²) in [7, 11) is 0. The highest BCUT2D eigenvalue weighted by atomic mass is 16.5. The van der Waals surface area contributed by atoms with Crippen molar-refractivity contribution in [2.75, 3.05) is 18.0 Å². The summed E-state index contributed by atoms with van der Waals surface area (Å²) in [5.74, 6) is 1.71. The lowest BCUT2D eigenvalue weighted by Crippen LogP contribution is -2.49. The molecular formula is C31H35N3O2. The lowest BCUT2D eigenvalue weighted by atomic mass is 9.93. The van der Waals surface area contributed by atoms with E-state index in [1.54, 1.807) is 0 Å². The molecule has 1 amide bonds. The molecule has 3 heterocycles. The van der Waals surface area contributed by atoms with Crippen molar-refractivity contribution >= 4 is 17.3 Å². The molecule has 2 saturated heterocycles. The number of carbonyl (C=O) groups is 1. The van der Waals surface area contributed by atoms with E-state index in [0.29, 0.717) is 36.8 Å². The highest BCUT2D eigenvalue weighted by molar-refractivity contribution is 5.96. The van der Waals surface area contributed by atoms with Gasteiger partial charge in [0.15, 0.2) is 11.5 Å². The summed E-state index contributed by atoms with van der Waals surface area (Å²) in [6.45, 7) is 6.48. The van der Waals surface area contributed by atoms with Crippen molar-refractivity contribution in [1.82, 2.24) is 9.80 Å². The Kier molecular flexibility index (Phi) is 6.18. The van der Waals surface area contributed by atoms with E-state index in [9.17, 15) is 4.79 Å². The Morgan fingerprint density at radius 1 is 0.833 bits per heavy atom. The Bertz CT molecular complexity index is 1230. The molecule has 3 aliphatic heterocycles. The van der Waals surface area contributed by atoms with E-state index in [4.69, 9.17) is 4.74 Å². The van der Waals surface area contributed by atoms with Crippen LogP contribution in [0.2, 0.25) is 0 Å². The minimum Gasteiger partial charge on any atom is -0.453 e. The zero-order chi connectivity index (χ0) is 24.6. The number of ether oxygens (including phenoxy) is 1. The Morgan fingerprint density at radius 3 is 2.22 bits per heavy atom. The van der Waals surface area contributed by atoms with Gasteiger partial charge in [0.25, 0.3) is 5.91 Å². The maximum atomic E-state index is 13.1. The Morgan fingerprint density at radius 2 is 1.50 bits per heavy atom. The fourth-order valence-electron chi connectivity index (χ4n) is 6.51. The van der Waals surface area contributed by atoms with E-state index in [1.165, 1.54) is 18.4 Å². The van der Waals surface area contributed by atoms with E-state index in [1.807, 2.05) is 43.0 Å². The summed E-state index contributed by atoms with van der Waals surface area (Å²) >= 11 is 0. The molecular weight excluding hydrogens is 446 g/mol. The molecule has 36 heavy (non-hydrogen) atoms. The molecule has 0 N–H and O–H groups in total. The van der Waals surface area contributed by atoms with Gasteiger partial charge in [-0.25, -0.2) is 0 Å². The number of benzene rings is 3. The predicted molar refractivity (Wildman–Crippen MR) is 144 cm³/mol. The molecule has 5 nitrogen and oxygen atoms in total. The Balaban J connectivity index is 1.31. The summed E-state index contributed by atoms with van der Waals surface area (Å²) in [6, 6.07) is 26.8. The van der Waals surface area contributed by atoms with E-state index < -0.39 is 0 Å². The van der Waals surface area contributed by atoms with Crippen LogP contribution in [0.3, 0.4) is 0 Å². The normalized spacial score (nSPS) is 22.5. The standard InChI is InChI=1S/C31H35N3O2/c1-3-32(4-2)31(35)23-14-17-28-30(18-23)36-29-13-9-8-12-27(29)34(28)26-19-24-15-16-25(20-26)33(24)21-22-10-6-5-7-11-22/h5-14,17-18,24-26H,3-4,15-16,19-21H2,1-2H3/t24-,25+,26?. The summed E-state index contributed by atoms with van der Waals surface area (Å²) in [6.07, 6.45) is 4.81. The fourth-order valence-corrected chi connectivity index (χ4v) is 6.51. The molecule has 3 aliphatic rings. The third-order valence-corrected chi connectivity index (χ3v) is 8.29. The Labute approximate surface area is 214 Å². The average molecular weight is 482 g/mol. The van der Waals surface area contributed by atoms with Crippen LogP contribution < -0.4 is 9.64 Å². The quantitative estimate of drug-likeness (QED) is 0.397. The minimum atomic E-state index is 0.0593. The average Bonchev–Trinajstić information content (AvgIpc) is 3.14. The molecule has 3 atom stereocenters. The summed E-state index contributed by atoms with van der Waals surface area (Å²) < 4.78 is 6.38. The van der Waals surface area contributed by atoms with Crippen LogP contribution in [0.4, 0.5) is 11.4 Å². The predicted octanol–water partition coefficient (Wildman–Crippen LogP) is 6.61. The lowest BCUT2D eigenvalue weighted by molar-refractivity contribution is 0.0772. The van der Waals surface area contributed by atoms with Gasteiger partial charge in [0.05, 0.1) is 11.4 Å². The van der Waals surface area contributed by atoms with Gasteiger partial charge in [-0.1, -0.05) is 42.5 Å². The first-order valence-corrected chi connectivity index (χ1v) is 13.4. The number of piperidine rings is 1. The zero-order valence-electron chi connectivity index (χ0n) is 21.3. The van der Waals surface area contributed by atoms with Gasteiger partial charge < -0.3 is 14.5 Å². The number of anilines is 2. The van der Waals surface area contributed by atoms with Crippen LogP contribution in [0.1, 0.15) is 55.5 Å². The second-order valence-electron chi connectivity index (χ2n) is 10.3. The maximum absolute atomic E-state index is 13.1. The van der Waals surface area contributed by atoms with Crippen molar-refractivity contribution in [2.45, 2.75) is 64.2 Å². The molecule has 0 spiro atoms. The highest BCUT2D eigenvalue weighted by Crippen LogP contribution is 2.51. The molecule has 6 rings (SSSR count). The van der Waals surface area contributed by atoms with E-state index in [-0.39, 0.29) is 5.91 Å². The van der Waals surface area contributed by atoms with Crippen LogP contribution >= 0.6 is 0 Å². The molecule has 2 fully saturated rings. The highest BCUT2D eigenvalue weighted by Gasteiger charge is 2.44. The molecule has 1 unspecified atom stereocenters. The first-order valence-electron chi connectivity index (χ1n) is 13.4. The van der Waals surface area contributed by atoms with Gasteiger partial charge in [0.1, 0.15) is 0 Å². The van der Waals surface area contributed by atoms with Crippen molar-refractivity contribution in [2.24, 2.45) is 0 Å². The maximum Gasteiger partial charge on any atom is 0.253 e. The number of fused-ring (bicyclic) bond motifs is 4. The van der Waals surface area contributed by atoms with E-state index >= 15 is 0 Å². The molecule has 5 heteroatoms. The van der Waals surface area contributed by atoms with Gasteiger partial charge in [-0.15, -0.1) is 0 Å². The van der Waals surface area contributed by atoms with Gasteiger partial charge in [-0.2, -0.15) is 0 Å². The van der Waals surface area contributed by atoms with Crippen LogP contribution in [-0.4, -0.2) is 46.9 Å². The van der Waals surface area contributed by atoms with Crippen molar-refractivity contribution < 1.29 is 9.53 Å². The number of rotatable bonds is 6. The summed E-state index contributed by atoms with van der Waals surface area (Å²) in [5.41, 5.74) is 4.30. The number of hydrogen-bond acceptors (Lipinski definition) is 4. The van der Waals surface area contributed by atoms with Crippen LogP contribution in [0.25, 0.3) is 0 Å². The second kappa shape index (κ2) is 9.62. The molecule has 0 saturated carbocycles. The van der Waals surface area contributed by atoms with Crippen LogP contribution in [0.15, 0.2) is 72.8 Å². The van der Waals surface area contributed by atoms with Crippen LogP contribution in [-0.2, 0) is 6.54 Å². The van der Waals surface area contributed by atoms with Crippen molar-refractivity contribution in [3.8, 4) is 11.5 Å². The number of nitrogens with zero attached hydrogens (tertiary/aromatic N) is 3. The topological polar surface area (TPSA) is 36.0 Å². The van der Waals surface area contributed by atoms with Crippen molar-refractivity contribution in [3.05, 3.63) is 83.9 Å². The largest absolute Gasteiger partial charge is 0.453 e. The second-order valence-corrected chi connectivity index (χ2v) is 10.3. The van der Waals surface area contributed by atoms with Crippen molar-refractivity contribution in [1.29, 1.82) is 0 Å². The number of carbonyl (C=O) groups excluding carboxylic acids is 1. The van der Waals surface area contributed by atoms with Crippen molar-refractivity contribution in [3.63, 3.8) is 0 Å². The molecule has 0 radical (unpaired) electrons. The first kappa shape index (κ1) is 23.1. The fraction of sp³-hybridized carbons (Fsp3) is 0.387. The van der Waals surface area contributed by atoms with E-state index in [0.717, 1.165) is 42.3 Å². The number of amides is 1. The van der Waals surface area contributed by atoms with Gasteiger partial charge in [-0.3, -0.25) is 9.69 Å². The van der Waals surface area contributed by atoms with E-state index in [2.05, 4.69) is 58.3 Å². The smallest absolute Gasteiger partial charge is 0.253 e. The van der Waals surface area contributed by atoms with Crippen LogP contribution in [0.5, 0.6) is 11.5 Å². The SMILES string of the molecule is CCN(CC)C(=O)c1ccc2c(c1)Oc1ccccc1N2C1C[C@H]2CC[C@@H](C1)N2Cc1ccccc1. The molecule has 2 bridgehead atoms. The Hall–Kier alpha value is -3.31. The number of para-hydroxylation sites is 2. The molecule has 3 aromatic rings. The molecule has 3 aromatic carbocycles. The third-order valence-electron chi connectivity index (χ3n) is 8.29. The van der Waals surface area contributed by atoms with Crippen LogP contribution in [0, 0.1) is 0 Å². The summed E-state index contributed by atoms with van der Waals surface area (Å²) in [4.78, 5) is 20.2. The monoisotopic (exact) mass is 481 g/mol. The zero-order valence-corrected chi connectivity index (χ0v) is 21.3. The lowest BCUT2D eigenvalue weighted by Gasteiger charge is -2.46. The number of hydrogen-bond donors (Lipinski definition) is 0. The van der Waals surface area contributed by atoms with Gasteiger partial charge >= 0.3 is 0 Å². The molecule has 186 valence electrons. The van der Waals surface area contributed by atoms with Gasteiger partial charge in [-0.05, 0) is 75.4 Å². The third kappa shape index (κ3) is 4.05. The molecule has 0 aromatic heterocycles.